The normalized spacial score (nSPS) is 19.5. The molecule has 1 saturated heterocycles. The van der Waals surface area contributed by atoms with Crippen molar-refractivity contribution in [2.24, 2.45) is 5.92 Å². The minimum atomic E-state index is -0.402. The van der Waals surface area contributed by atoms with Gasteiger partial charge in [-0.1, -0.05) is 0 Å². The quantitative estimate of drug-likeness (QED) is 0.698. The minimum absolute atomic E-state index is 0.190. The van der Waals surface area contributed by atoms with Crippen molar-refractivity contribution in [1.29, 1.82) is 0 Å². The lowest BCUT2D eigenvalue weighted by Crippen LogP contribution is -2.39. The summed E-state index contributed by atoms with van der Waals surface area (Å²) in [6, 6.07) is 3.33. The van der Waals surface area contributed by atoms with Gasteiger partial charge in [-0.2, -0.15) is 0 Å². The van der Waals surface area contributed by atoms with Gasteiger partial charge in [-0.3, -0.25) is 19.8 Å². The van der Waals surface area contributed by atoms with E-state index in [0.717, 1.165) is 25.9 Å². The summed E-state index contributed by atoms with van der Waals surface area (Å²) in [5, 5.41) is 11.2. The molecule has 1 aliphatic heterocycles. The number of amides is 2. The minimum Gasteiger partial charge on any atom is -0.396 e. The molecule has 0 spiro atoms. The van der Waals surface area contributed by atoms with E-state index in [9.17, 15) is 9.59 Å². The number of hydrogen-bond donors (Lipinski definition) is 3. The van der Waals surface area contributed by atoms with Crippen LogP contribution in [0.1, 0.15) is 23.3 Å². The van der Waals surface area contributed by atoms with E-state index < -0.39 is 5.91 Å². The second-order valence-corrected chi connectivity index (χ2v) is 4.86. The number of nitrogens with one attached hydrogen (secondary N) is 2. The van der Waals surface area contributed by atoms with Crippen LogP contribution in [0.3, 0.4) is 0 Å². The molecule has 19 heavy (non-hydrogen) atoms. The van der Waals surface area contributed by atoms with Crippen molar-refractivity contribution in [2.45, 2.75) is 12.8 Å². The second-order valence-electron chi connectivity index (χ2n) is 4.86. The molecule has 1 aliphatic rings. The van der Waals surface area contributed by atoms with Crippen LogP contribution in [0.4, 0.5) is 0 Å². The number of aliphatic hydroxyl groups excluding tert-OH is 1. The predicted molar refractivity (Wildman–Crippen MR) is 69.5 cm³/mol. The molecule has 1 aromatic heterocycles. The molecule has 6 nitrogen and oxygen atoms in total. The van der Waals surface area contributed by atoms with Gasteiger partial charge in [0.15, 0.2) is 0 Å². The maximum Gasteiger partial charge on any atom is 0.274 e. The van der Waals surface area contributed by atoms with Crippen molar-refractivity contribution in [3.8, 4) is 0 Å². The van der Waals surface area contributed by atoms with Crippen LogP contribution in [-0.2, 0) is 4.79 Å². The molecule has 1 fully saturated rings. The summed E-state index contributed by atoms with van der Waals surface area (Å²) >= 11 is 0. The summed E-state index contributed by atoms with van der Waals surface area (Å²) < 4.78 is 0. The van der Waals surface area contributed by atoms with Crippen LogP contribution in [0, 0.1) is 5.92 Å². The second kappa shape index (κ2) is 6.49. The first-order valence-electron chi connectivity index (χ1n) is 6.50. The van der Waals surface area contributed by atoms with Crippen molar-refractivity contribution in [2.75, 3.05) is 26.2 Å². The van der Waals surface area contributed by atoms with E-state index >= 15 is 0 Å². The third-order valence-corrected chi connectivity index (χ3v) is 3.37. The number of aromatic nitrogens is 1. The number of aliphatic hydroxyl groups is 1. The summed E-state index contributed by atoms with van der Waals surface area (Å²) in [7, 11) is 0. The molecule has 0 aromatic carbocycles. The van der Waals surface area contributed by atoms with Gasteiger partial charge in [0.05, 0.1) is 6.54 Å². The van der Waals surface area contributed by atoms with Crippen LogP contribution < -0.4 is 5.32 Å². The Morgan fingerprint density at radius 2 is 2.37 bits per heavy atom. The van der Waals surface area contributed by atoms with Gasteiger partial charge in [-0.05, 0) is 37.4 Å². The molecular weight excluding hydrogens is 246 g/mol. The molecule has 1 aromatic rings. The van der Waals surface area contributed by atoms with Gasteiger partial charge in [0.25, 0.3) is 5.91 Å². The lowest BCUT2D eigenvalue weighted by atomic mass is 10.1. The molecular formula is C13H19N3O3. The molecule has 6 heteroatoms. The lowest BCUT2D eigenvalue weighted by molar-refractivity contribution is -0.121. The van der Waals surface area contributed by atoms with Crippen LogP contribution in [0.15, 0.2) is 18.3 Å². The van der Waals surface area contributed by atoms with Crippen LogP contribution in [0.5, 0.6) is 0 Å². The van der Waals surface area contributed by atoms with Gasteiger partial charge in [-0.15, -0.1) is 0 Å². The number of nitrogens with zero attached hydrogens (tertiary/aromatic N) is 1. The van der Waals surface area contributed by atoms with Gasteiger partial charge < -0.3 is 10.1 Å². The Hall–Kier alpha value is -1.66. The van der Waals surface area contributed by atoms with Crippen LogP contribution in [-0.4, -0.2) is 53.0 Å². The number of H-pyrrole nitrogens is 1. The Labute approximate surface area is 111 Å². The average molecular weight is 265 g/mol. The number of aromatic amines is 1. The zero-order valence-corrected chi connectivity index (χ0v) is 10.8. The fourth-order valence-electron chi connectivity index (χ4n) is 2.38. The third kappa shape index (κ3) is 3.90. The van der Waals surface area contributed by atoms with E-state index in [1.54, 1.807) is 18.3 Å². The van der Waals surface area contributed by atoms with E-state index in [2.05, 4.69) is 10.3 Å². The predicted octanol–water partition coefficient (Wildman–Crippen LogP) is -0.0246. The van der Waals surface area contributed by atoms with Crippen molar-refractivity contribution < 1.29 is 14.7 Å². The standard InChI is InChI=1S/C13H19N3O3/c17-7-4-10-3-6-16(8-10)9-12(18)15-13(19)11-2-1-5-14-11/h1-2,5,10,14,17H,3-4,6-9H2,(H,15,18,19). The maximum atomic E-state index is 11.7. The molecule has 0 aliphatic carbocycles. The molecule has 3 N–H and O–H groups in total. The number of carbonyl (C=O) groups is 2. The average Bonchev–Trinajstić information content (AvgIpc) is 3.00. The van der Waals surface area contributed by atoms with Crippen LogP contribution in [0.2, 0.25) is 0 Å². The van der Waals surface area contributed by atoms with E-state index in [0.29, 0.717) is 11.6 Å². The summed E-state index contributed by atoms with van der Waals surface area (Å²) in [4.78, 5) is 28.1. The molecule has 2 rings (SSSR count). The maximum absolute atomic E-state index is 11.7. The van der Waals surface area contributed by atoms with Gasteiger partial charge in [-0.25, -0.2) is 0 Å². The smallest absolute Gasteiger partial charge is 0.274 e. The fraction of sp³-hybridized carbons (Fsp3) is 0.538. The summed E-state index contributed by atoms with van der Waals surface area (Å²) in [6.45, 7) is 2.07. The largest absolute Gasteiger partial charge is 0.396 e. The van der Waals surface area contributed by atoms with Crippen molar-refractivity contribution >= 4 is 11.8 Å². The first-order chi connectivity index (χ1) is 9.19. The fourth-order valence-corrected chi connectivity index (χ4v) is 2.38. The van der Waals surface area contributed by atoms with Crippen molar-refractivity contribution in [3.63, 3.8) is 0 Å². The number of imide groups is 1. The summed E-state index contributed by atoms with van der Waals surface area (Å²) in [6.07, 6.45) is 3.41. The molecule has 0 bridgehead atoms. The van der Waals surface area contributed by atoms with Crippen LogP contribution >= 0.6 is 0 Å². The van der Waals surface area contributed by atoms with Gasteiger partial charge in [0.1, 0.15) is 5.69 Å². The highest BCUT2D eigenvalue weighted by atomic mass is 16.3. The molecule has 0 radical (unpaired) electrons. The molecule has 1 atom stereocenters. The third-order valence-electron chi connectivity index (χ3n) is 3.37. The first kappa shape index (κ1) is 13.8. The van der Waals surface area contributed by atoms with Crippen LogP contribution in [0.25, 0.3) is 0 Å². The number of carbonyl (C=O) groups excluding carboxylic acids is 2. The van der Waals surface area contributed by atoms with Gasteiger partial charge in [0, 0.05) is 19.3 Å². The Balaban J connectivity index is 1.75. The summed E-state index contributed by atoms with van der Waals surface area (Å²) in [5.41, 5.74) is 0.382. The van der Waals surface area contributed by atoms with E-state index in [-0.39, 0.29) is 19.1 Å². The molecule has 104 valence electrons. The SMILES string of the molecule is O=C(CN1CCC(CCO)C1)NC(=O)c1ccc[nH]1. The summed E-state index contributed by atoms with van der Waals surface area (Å²) in [5.74, 6) is -0.234. The van der Waals surface area contributed by atoms with Gasteiger partial charge >= 0.3 is 0 Å². The highest BCUT2D eigenvalue weighted by Crippen LogP contribution is 2.18. The molecule has 0 saturated carbocycles. The van der Waals surface area contributed by atoms with Crippen molar-refractivity contribution in [1.82, 2.24) is 15.2 Å². The Morgan fingerprint density at radius 3 is 3.05 bits per heavy atom. The highest BCUT2D eigenvalue weighted by molar-refractivity contribution is 6.04. The zero-order chi connectivity index (χ0) is 13.7. The van der Waals surface area contributed by atoms with E-state index in [1.165, 1.54) is 0 Å². The molecule has 2 amide bonds. The first-order valence-corrected chi connectivity index (χ1v) is 6.50. The monoisotopic (exact) mass is 265 g/mol. The highest BCUT2D eigenvalue weighted by Gasteiger charge is 2.24. The van der Waals surface area contributed by atoms with E-state index in [1.807, 2.05) is 4.90 Å². The Bertz CT molecular complexity index is 430. The Morgan fingerprint density at radius 1 is 1.53 bits per heavy atom. The molecule has 2 heterocycles. The number of likely N-dealkylation sites (tertiary alicyclic amines) is 1. The Kier molecular flexibility index (Phi) is 4.70. The van der Waals surface area contributed by atoms with Gasteiger partial charge in [0.2, 0.25) is 5.91 Å². The molecule has 1 unspecified atom stereocenters. The number of hydrogen-bond acceptors (Lipinski definition) is 4. The number of rotatable bonds is 5. The zero-order valence-electron chi connectivity index (χ0n) is 10.8. The van der Waals surface area contributed by atoms with E-state index in [4.69, 9.17) is 5.11 Å². The topological polar surface area (TPSA) is 85.4 Å². The van der Waals surface area contributed by atoms with Crippen molar-refractivity contribution in [3.05, 3.63) is 24.0 Å². The lowest BCUT2D eigenvalue weighted by Gasteiger charge is -2.14.